The minimum atomic E-state index is 0.847. The Balaban J connectivity index is 2.47. The third-order valence-electron chi connectivity index (χ3n) is 2.26. The van der Waals surface area contributed by atoms with Crippen LogP contribution in [0.3, 0.4) is 0 Å². The van der Waals surface area contributed by atoms with E-state index in [1.165, 1.54) is 11.3 Å². The van der Waals surface area contributed by atoms with Crippen LogP contribution in [0.5, 0.6) is 0 Å². The normalized spacial score (nSPS) is 14.5. The number of hydrogen-bond acceptors (Lipinski definition) is 2. The second kappa shape index (κ2) is 2.55. The summed E-state index contributed by atoms with van der Waals surface area (Å²) in [5, 5.41) is 0. The molecule has 0 aliphatic carbocycles. The van der Waals surface area contributed by atoms with Crippen molar-refractivity contribution < 1.29 is 0 Å². The number of fused-ring (bicyclic) bond motifs is 1. The number of nitrogen functional groups attached to an aromatic ring is 1. The molecule has 62 valence electrons. The van der Waals surface area contributed by atoms with Crippen molar-refractivity contribution in [1.29, 1.82) is 0 Å². The average Bonchev–Trinajstić information content (AvgIpc) is 2.46. The quantitative estimate of drug-likeness (QED) is 0.634. The summed E-state index contributed by atoms with van der Waals surface area (Å²) in [4.78, 5) is 2.15. The summed E-state index contributed by atoms with van der Waals surface area (Å²) in [5.74, 6) is 0. The summed E-state index contributed by atoms with van der Waals surface area (Å²) in [5.41, 5.74) is 9.10. The molecule has 0 spiro atoms. The molecule has 1 aliphatic rings. The van der Waals surface area contributed by atoms with Gasteiger partial charge in [-0.2, -0.15) is 0 Å². The van der Waals surface area contributed by atoms with E-state index in [1.807, 2.05) is 18.3 Å². The molecule has 12 heavy (non-hydrogen) atoms. The first-order valence-corrected chi connectivity index (χ1v) is 4.09. The molecular weight excluding hydrogens is 148 g/mol. The zero-order valence-electron chi connectivity index (χ0n) is 6.96. The van der Waals surface area contributed by atoms with Crippen molar-refractivity contribution in [3.05, 3.63) is 36.5 Å². The molecule has 0 unspecified atom stereocenters. The SMILES string of the molecule is C=CN1CCc2cc(N)ccc21. The van der Waals surface area contributed by atoms with E-state index in [2.05, 4.69) is 17.5 Å². The van der Waals surface area contributed by atoms with Gasteiger partial charge in [-0.3, -0.25) is 0 Å². The molecular formula is C10H12N2. The first-order valence-electron chi connectivity index (χ1n) is 4.09. The van der Waals surface area contributed by atoms with E-state index in [4.69, 9.17) is 5.73 Å². The van der Waals surface area contributed by atoms with Crippen LogP contribution < -0.4 is 10.6 Å². The highest BCUT2D eigenvalue weighted by Gasteiger charge is 2.15. The van der Waals surface area contributed by atoms with Gasteiger partial charge in [0.15, 0.2) is 0 Å². The lowest BCUT2D eigenvalue weighted by Crippen LogP contribution is -2.10. The minimum Gasteiger partial charge on any atom is -0.399 e. The highest BCUT2D eigenvalue weighted by molar-refractivity contribution is 5.64. The fourth-order valence-electron chi connectivity index (χ4n) is 1.64. The summed E-state index contributed by atoms with van der Waals surface area (Å²) in [6, 6.07) is 6.03. The van der Waals surface area contributed by atoms with E-state index in [9.17, 15) is 0 Å². The number of benzene rings is 1. The van der Waals surface area contributed by atoms with E-state index >= 15 is 0 Å². The Hall–Kier alpha value is -1.44. The van der Waals surface area contributed by atoms with Crippen molar-refractivity contribution in [3.63, 3.8) is 0 Å². The molecule has 1 aliphatic heterocycles. The van der Waals surface area contributed by atoms with E-state index in [0.29, 0.717) is 0 Å². The van der Waals surface area contributed by atoms with Gasteiger partial charge in [-0.1, -0.05) is 6.58 Å². The van der Waals surface area contributed by atoms with Crippen molar-refractivity contribution in [1.82, 2.24) is 0 Å². The third-order valence-corrected chi connectivity index (χ3v) is 2.26. The second-order valence-corrected chi connectivity index (χ2v) is 3.01. The lowest BCUT2D eigenvalue weighted by atomic mass is 10.1. The van der Waals surface area contributed by atoms with Gasteiger partial charge in [0.2, 0.25) is 0 Å². The number of nitrogens with zero attached hydrogens (tertiary/aromatic N) is 1. The molecule has 2 N–H and O–H groups in total. The maximum Gasteiger partial charge on any atom is 0.0440 e. The average molecular weight is 160 g/mol. The van der Waals surface area contributed by atoms with Crippen LogP contribution in [0.15, 0.2) is 31.0 Å². The van der Waals surface area contributed by atoms with Gasteiger partial charge in [0.05, 0.1) is 0 Å². The molecule has 0 bridgehead atoms. The number of anilines is 2. The summed E-state index contributed by atoms with van der Waals surface area (Å²) in [7, 11) is 0. The highest BCUT2D eigenvalue weighted by atomic mass is 15.1. The standard InChI is InChI=1S/C10H12N2/c1-2-12-6-5-8-7-9(11)3-4-10(8)12/h2-4,7H,1,5-6,11H2. The Kier molecular flexibility index (Phi) is 1.54. The maximum atomic E-state index is 5.67. The summed E-state index contributed by atoms with van der Waals surface area (Å²) >= 11 is 0. The topological polar surface area (TPSA) is 29.3 Å². The Morgan fingerprint density at radius 1 is 1.50 bits per heavy atom. The summed E-state index contributed by atoms with van der Waals surface area (Å²) in [6.45, 7) is 4.79. The Morgan fingerprint density at radius 3 is 3.08 bits per heavy atom. The molecule has 0 saturated carbocycles. The lowest BCUT2D eigenvalue weighted by molar-refractivity contribution is 0.995. The molecule has 0 radical (unpaired) electrons. The summed E-state index contributed by atoms with van der Waals surface area (Å²) < 4.78 is 0. The van der Waals surface area contributed by atoms with Gasteiger partial charge >= 0.3 is 0 Å². The van der Waals surface area contributed by atoms with Gasteiger partial charge < -0.3 is 10.6 Å². The van der Waals surface area contributed by atoms with E-state index in [1.54, 1.807) is 0 Å². The number of nitrogens with two attached hydrogens (primary N) is 1. The molecule has 2 nitrogen and oxygen atoms in total. The largest absolute Gasteiger partial charge is 0.399 e. The second-order valence-electron chi connectivity index (χ2n) is 3.01. The molecule has 0 aromatic heterocycles. The smallest absolute Gasteiger partial charge is 0.0440 e. The van der Waals surface area contributed by atoms with Crippen molar-refractivity contribution in [2.24, 2.45) is 0 Å². The van der Waals surface area contributed by atoms with Crippen molar-refractivity contribution in [2.45, 2.75) is 6.42 Å². The van der Waals surface area contributed by atoms with Crippen LogP contribution in [0.1, 0.15) is 5.56 Å². The van der Waals surface area contributed by atoms with Crippen LogP contribution in [0, 0.1) is 0 Å². The van der Waals surface area contributed by atoms with Gasteiger partial charge in [0, 0.05) is 17.9 Å². The predicted molar refractivity (Wildman–Crippen MR) is 52.1 cm³/mol. The fraction of sp³-hybridized carbons (Fsp3) is 0.200. The van der Waals surface area contributed by atoms with Crippen molar-refractivity contribution >= 4 is 11.4 Å². The van der Waals surface area contributed by atoms with Crippen LogP contribution in [0.25, 0.3) is 0 Å². The third kappa shape index (κ3) is 0.961. The Bertz CT molecular complexity index is 318. The molecule has 0 fully saturated rings. The zero-order chi connectivity index (χ0) is 8.55. The van der Waals surface area contributed by atoms with Crippen molar-refractivity contribution in [2.75, 3.05) is 17.2 Å². The lowest BCUT2D eigenvalue weighted by Gasteiger charge is -2.12. The van der Waals surface area contributed by atoms with E-state index < -0.39 is 0 Å². The Labute approximate surface area is 72.3 Å². The summed E-state index contributed by atoms with van der Waals surface area (Å²) in [6.07, 6.45) is 2.94. The van der Waals surface area contributed by atoms with Crippen LogP contribution in [-0.2, 0) is 6.42 Å². The minimum absolute atomic E-state index is 0.847. The van der Waals surface area contributed by atoms with Crippen LogP contribution in [-0.4, -0.2) is 6.54 Å². The Morgan fingerprint density at radius 2 is 2.33 bits per heavy atom. The van der Waals surface area contributed by atoms with Gasteiger partial charge in [-0.05, 0) is 36.4 Å². The molecule has 0 amide bonds. The molecule has 1 aromatic carbocycles. The molecule has 1 aromatic rings. The van der Waals surface area contributed by atoms with Gasteiger partial charge in [-0.25, -0.2) is 0 Å². The fourth-order valence-corrected chi connectivity index (χ4v) is 1.64. The first kappa shape index (κ1) is 7.22. The van der Waals surface area contributed by atoms with Crippen LogP contribution in [0.2, 0.25) is 0 Å². The van der Waals surface area contributed by atoms with Crippen LogP contribution in [0.4, 0.5) is 11.4 Å². The van der Waals surface area contributed by atoms with Gasteiger partial charge in [0.25, 0.3) is 0 Å². The van der Waals surface area contributed by atoms with Crippen molar-refractivity contribution in [3.8, 4) is 0 Å². The zero-order valence-corrected chi connectivity index (χ0v) is 6.96. The highest BCUT2D eigenvalue weighted by Crippen LogP contribution is 2.29. The molecule has 2 rings (SSSR count). The molecule has 1 heterocycles. The molecule has 0 atom stereocenters. The number of hydrogen-bond donors (Lipinski definition) is 1. The first-order chi connectivity index (χ1) is 5.81. The number of rotatable bonds is 1. The predicted octanol–water partition coefficient (Wildman–Crippen LogP) is 1.77. The van der Waals surface area contributed by atoms with E-state index in [-0.39, 0.29) is 0 Å². The molecule has 2 heteroatoms. The monoisotopic (exact) mass is 160 g/mol. The maximum absolute atomic E-state index is 5.67. The van der Waals surface area contributed by atoms with Gasteiger partial charge in [0.1, 0.15) is 0 Å². The van der Waals surface area contributed by atoms with Gasteiger partial charge in [-0.15, -0.1) is 0 Å². The van der Waals surface area contributed by atoms with E-state index in [0.717, 1.165) is 18.7 Å². The van der Waals surface area contributed by atoms with Crippen LogP contribution >= 0.6 is 0 Å². The molecule has 0 saturated heterocycles.